The van der Waals surface area contributed by atoms with Gasteiger partial charge in [-0.15, -0.1) is 0 Å². The Balaban J connectivity index is 1.87. The summed E-state index contributed by atoms with van der Waals surface area (Å²) in [5.41, 5.74) is 7.29. The molecule has 0 saturated heterocycles. The highest BCUT2D eigenvalue weighted by Gasteiger charge is 2.13. The van der Waals surface area contributed by atoms with Gasteiger partial charge in [0.25, 0.3) is 0 Å². The molecule has 4 nitrogen and oxygen atoms in total. The maximum atomic E-state index is 6.01. The minimum absolute atomic E-state index is 0.127. The Bertz CT molecular complexity index is 481. The third kappa shape index (κ3) is 4.17. The third-order valence-electron chi connectivity index (χ3n) is 3.15. The number of hydrogen-bond acceptors (Lipinski definition) is 4. The fourth-order valence-electron chi connectivity index (χ4n) is 1.97. The summed E-state index contributed by atoms with van der Waals surface area (Å²) < 4.78 is 5.23. The lowest BCUT2D eigenvalue weighted by Crippen LogP contribution is -2.10. The minimum atomic E-state index is -0.127. The quantitative estimate of drug-likeness (QED) is 0.830. The zero-order chi connectivity index (χ0) is 13.5. The van der Waals surface area contributed by atoms with Crippen LogP contribution in [0.25, 0.3) is 0 Å². The summed E-state index contributed by atoms with van der Waals surface area (Å²) in [7, 11) is 0. The van der Waals surface area contributed by atoms with Crippen molar-refractivity contribution in [2.24, 2.45) is 5.73 Å². The Morgan fingerprint density at radius 2 is 2.00 bits per heavy atom. The van der Waals surface area contributed by atoms with Gasteiger partial charge in [-0.05, 0) is 18.4 Å². The minimum Gasteiger partial charge on any atom is -0.338 e. The van der Waals surface area contributed by atoms with E-state index in [-0.39, 0.29) is 6.04 Å². The summed E-state index contributed by atoms with van der Waals surface area (Å²) >= 11 is 0. The van der Waals surface area contributed by atoms with E-state index in [1.165, 1.54) is 5.56 Å². The van der Waals surface area contributed by atoms with Crippen molar-refractivity contribution in [3.63, 3.8) is 0 Å². The van der Waals surface area contributed by atoms with Gasteiger partial charge in [0.05, 0.1) is 6.04 Å². The Morgan fingerprint density at radius 1 is 1.21 bits per heavy atom. The van der Waals surface area contributed by atoms with E-state index in [1.54, 1.807) is 0 Å². The molecule has 2 N–H and O–H groups in total. The number of benzene rings is 1. The highest BCUT2D eigenvalue weighted by atomic mass is 16.5. The molecule has 0 aliphatic rings. The first-order valence-electron chi connectivity index (χ1n) is 6.91. The maximum absolute atomic E-state index is 6.01. The van der Waals surface area contributed by atoms with Crippen LogP contribution in [0.4, 0.5) is 0 Å². The van der Waals surface area contributed by atoms with Crippen LogP contribution in [0.1, 0.15) is 49.5 Å². The Hall–Kier alpha value is -1.68. The van der Waals surface area contributed by atoms with Crippen LogP contribution in [0.15, 0.2) is 34.9 Å². The zero-order valence-corrected chi connectivity index (χ0v) is 11.4. The van der Waals surface area contributed by atoms with Crippen LogP contribution in [0.3, 0.4) is 0 Å². The normalized spacial score (nSPS) is 12.5. The molecule has 2 aromatic rings. The Kier molecular flexibility index (Phi) is 5.10. The molecule has 1 aromatic heterocycles. The molecule has 19 heavy (non-hydrogen) atoms. The summed E-state index contributed by atoms with van der Waals surface area (Å²) in [6.07, 6.45) is 4.82. The highest BCUT2D eigenvalue weighted by molar-refractivity contribution is 5.15. The van der Waals surface area contributed by atoms with Gasteiger partial charge in [-0.3, -0.25) is 0 Å². The largest absolute Gasteiger partial charge is 0.338 e. The van der Waals surface area contributed by atoms with Gasteiger partial charge in [0.1, 0.15) is 0 Å². The van der Waals surface area contributed by atoms with Crippen molar-refractivity contribution in [1.29, 1.82) is 0 Å². The Morgan fingerprint density at radius 3 is 2.74 bits per heavy atom. The van der Waals surface area contributed by atoms with Crippen molar-refractivity contribution >= 4 is 0 Å². The summed E-state index contributed by atoms with van der Waals surface area (Å²) in [6.45, 7) is 2.14. The monoisotopic (exact) mass is 259 g/mol. The van der Waals surface area contributed by atoms with E-state index in [1.807, 2.05) is 18.2 Å². The molecule has 102 valence electrons. The van der Waals surface area contributed by atoms with Crippen LogP contribution in [0.2, 0.25) is 0 Å². The van der Waals surface area contributed by atoms with E-state index in [2.05, 4.69) is 29.2 Å². The van der Waals surface area contributed by atoms with Gasteiger partial charge in [0, 0.05) is 6.42 Å². The predicted octanol–water partition coefficient (Wildman–Crippen LogP) is 3.04. The van der Waals surface area contributed by atoms with Gasteiger partial charge >= 0.3 is 0 Å². The Labute approximate surface area is 114 Å². The van der Waals surface area contributed by atoms with Gasteiger partial charge in [-0.2, -0.15) is 4.98 Å². The van der Waals surface area contributed by atoms with Gasteiger partial charge in [-0.1, -0.05) is 55.3 Å². The second kappa shape index (κ2) is 7.04. The molecule has 0 aliphatic heterocycles. The lowest BCUT2D eigenvalue weighted by Gasteiger charge is -2.03. The van der Waals surface area contributed by atoms with Crippen molar-refractivity contribution in [2.45, 2.75) is 45.1 Å². The third-order valence-corrected chi connectivity index (χ3v) is 3.15. The van der Waals surface area contributed by atoms with Crippen molar-refractivity contribution < 1.29 is 4.52 Å². The molecule has 0 aliphatic carbocycles. The number of hydrogen-bond donors (Lipinski definition) is 1. The number of rotatable bonds is 7. The summed E-state index contributed by atoms with van der Waals surface area (Å²) in [5.74, 6) is 1.31. The molecule has 0 saturated carbocycles. The van der Waals surface area contributed by atoms with E-state index < -0.39 is 0 Å². The first-order chi connectivity index (χ1) is 9.29. The van der Waals surface area contributed by atoms with E-state index in [0.29, 0.717) is 5.89 Å². The van der Waals surface area contributed by atoms with Gasteiger partial charge in [-0.25, -0.2) is 0 Å². The van der Waals surface area contributed by atoms with Crippen LogP contribution in [0.5, 0.6) is 0 Å². The summed E-state index contributed by atoms with van der Waals surface area (Å²) in [5, 5.41) is 3.99. The van der Waals surface area contributed by atoms with Crippen molar-refractivity contribution in [3.05, 3.63) is 47.6 Å². The van der Waals surface area contributed by atoms with Gasteiger partial charge in [0.15, 0.2) is 5.82 Å². The summed E-state index contributed by atoms with van der Waals surface area (Å²) in [6, 6.07) is 10.2. The number of aromatic nitrogens is 2. The topological polar surface area (TPSA) is 64.9 Å². The molecular weight excluding hydrogens is 238 g/mol. The van der Waals surface area contributed by atoms with Crippen molar-refractivity contribution in [3.8, 4) is 0 Å². The number of nitrogens with two attached hydrogens (primary N) is 1. The number of aryl methyl sites for hydroxylation is 2. The standard InChI is InChI=1S/C15H21N3O/c1-2-3-9-13(16)15-17-14(18-19-15)11-10-12-7-5-4-6-8-12/h4-8,13H,2-3,9-11,16H2,1H3. The molecule has 2 rings (SSSR count). The highest BCUT2D eigenvalue weighted by Crippen LogP contribution is 2.15. The van der Waals surface area contributed by atoms with E-state index in [4.69, 9.17) is 10.3 Å². The molecule has 1 heterocycles. The predicted molar refractivity (Wildman–Crippen MR) is 74.6 cm³/mol. The van der Waals surface area contributed by atoms with Crippen molar-refractivity contribution in [2.75, 3.05) is 0 Å². The molecule has 1 atom stereocenters. The molecule has 4 heteroatoms. The summed E-state index contributed by atoms with van der Waals surface area (Å²) in [4.78, 5) is 4.38. The second-order valence-electron chi connectivity index (χ2n) is 4.78. The number of unbranched alkanes of at least 4 members (excludes halogenated alkanes) is 1. The van der Waals surface area contributed by atoms with Crippen molar-refractivity contribution in [1.82, 2.24) is 10.1 Å². The first kappa shape index (κ1) is 13.7. The van der Waals surface area contributed by atoms with Crippen LogP contribution >= 0.6 is 0 Å². The molecular formula is C15H21N3O. The fourth-order valence-corrected chi connectivity index (χ4v) is 1.97. The smallest absolute Gasteiger partial charge is 0.243 e. The van der Waals surface area contributed by atoms with E-state index >= 15 is 0 Å². The first-order valence-corrected chi connectivity index (χ1v) is 6.91. The average molecular weight is 259 g/mol. The van der Waals surface area contributed by atoms with Crippen LogP contribution in [-0.4, -0.2) is 10.1 Å². The fraction of sp³-hybridized carbons (Fsp3) is 0.467. The maximum Gasteiger partial charge on any atom is 0.243 e. The molecule has 0 fully saturated rings. The number of nitrogens with zero attached hydrogens (tertiary/aromatic N) is 2. The zero-order valence-electron chi connectivity index (χ0n) is 11.4. The molecule has 0 amide bonds. The molecule has 1 aromatic carbocycles. The van der Waals surface area contributed by atoms with Gasteiger partial charge < -0.3 is 10.3 Å². The van der Waals surface area contributed by atoms with E-state index in [0.717, 1.165) is 37.9 Å². The average Bonchev–Trinajstić information content (AvgIpc) is 2.92. The van der Waals surface area contributed by atoms with Crippen LogP contribution in [-0.2, 0) is 12.8 Å². The lowest BCUT2D eigenvalue weighted by molar-refractivity contribution is 0.342. The molecule has 1 unspecified atom stereocenters. The van der Waals surface area contributed by atoms with Crippen LogP contribution in [0, 0.1) is 0 Å². The molecule has 0 spiro atoms. The lowest BCUT2D eigenvalue weighted by atomic mass is 10.1. The van der Waals surface area contributed by atoms with Gasteiger partial charge in [0.2, 0.25) is 5.89 Å². The SMILES string of the molecule is CCCCC(N)c1nc(CCc2ccccc2)no1. The van der Waals surface area contributed by atoms with Crippen LogP contribution < -0.4 is 5.73 Å². The molecule has 0 bridgehead atoms. The second-order valence-corrected chi connectivity index (χ2v) is 4.78. The van der Waals surface area contributed by atoms with E-state index in [9.17, 15) is 0 Å². The molecule has 0 radical (unpaired) electrons.